The highest BCUT2D eigenvalue weighted by Crippen LogP contribution is 2.41. The fourth-order valence-corrected chi connectivity index (χ4v) is 2.87. The molecule has 3 rings (SSSR count). The number of rotatable bonds is 2. The van der Waals surface area contributed by atoms with Gasteiger partial charge in [-0.3, -0.25) is 0 Å². The van der Waals surface area contributed by atoms with E-state index in [9.17, 15) is 4.79 Å². The number of nitrogens with two attached hydrogens (primary N) is 1. The van der Waals surface area contributed by atoms with Crippen molar-refractivity contribution in [2.75, 3.05) is 5.32 Å². The van der Waals surface area contributed by atoms with Gasteiger partial charge in [-0.15, -0.1) is 0 Å². The Kier molecular flexibility index (Phi) is 3.66. The molecule has 0 bridgehead atoms. The van der Waals surface area contributed by atoms with Crippen LogP contribution in [0, 0.1) is 0 Å². The van der Waals surface area contributed by atoms with Gasteiger partial charge in [0.05, 0.1) is 10.0 Å². The molecule has 1 aliphatic rings. The predicted molar refractivity (Wildman–Crippen MR) is 83.2 cm³/mol. The van der Waals surface area contributed by atoms with Crippen LogP contribution in [-0.2, 0) is 6.42 Å². The molecule has 108 valence electrons. The minimum Gasteiger partial charge on any atom is -0.485 e. The van der Waals surface area contributed by atoms with Crippen molar-refractivity contribution in [2.45, 2.75) is 12.5 Å². The minimum atomic E-state index is -0.657. The summed E-state index contributed by atoms with van der Waals surface area (Å²) in [5.41, 5.74) is 7.46. The molecule has 1 heterocycles. The van der Waals surface area contributed by atoms with Gasteiger partial charge in [-0.1, -0.05) is 41.4 Å². The first-order valence-corrected chi connectivity index (χ1v) is 7.10. The first-order valence-electron chi connectivity index (χ1n) is 6.34. The molecule has 1 atom stereocenters. The SMILES string of the molecule is NC(=O)Nc1cc(Cl)c(Cl)c(C2Cc3ccccc3O2)c1. The highest BCUT2D eigenvalue weighted by molar-refractivity contribution is 6.42. The molecule has 2 aromatic carbocycles. The molecule has 4 nitrogen and oxygen atoms in total. The highest BCUT2D eigenvalue weighted by Gasteiger charge is 2.27. The Bertz CT molecular complexity index is 694. The van der Waals surface area contributed by atoms with Crippen molar-refractivity contribution >= 4 is 34.9 Å². The van der Waals surface area contributed by atoms with Crippen LogP contribution in [0.4, 0.5) is 10.5 Å². The molecule has 0 aliphatic carbocycles. The molecule has 6 heteroatoms. The van der Waals surface area contributed by atoms with Gasteiger partial charge < -0.3 is 15.8 Å². The second kappa shape index (κ2) is 5.47. The van der Waals surface area contributed by atoms with E-state index in [2.05, 4.69) is 5.32 Å². The molecule has 0 aromatic heterocycles. The van der Waals surface area contributed by atoms with Gasteiger partial charge in [-0.05, 0) is 23.8 Å². The summed E-state index contributed by atoms with van der Waals surface area (Å²) in [5, 5.41) is 3.26. The van der Waals surface area contributed by atoms with Gasteiger partial charge in [0, 0.05) is 17.7 Å². The van der Waals surface area contributed by atoms with Gasteiger partial charge in [0.15, 0.2) is 0 Å². The number of carbonyl (C=O) groups is 1. The Labute approximate surface area is 131 Å². The van der Waals surface area contributed by atoms with Crippen molar-refractivity contribution in [3.05, 3.63) is 57.6 Å². The third kappa shape index (κ3) is 2.77. The van der Waals surface area contributed by atoms with Crippen LogP contribution in [-0.4, -0.2) is 6.03 Å². The smallest absolute Gasteiger partial charge is 0.316 e. The summed E-state index contributed by atoms with van der Waals surface area (Å²) in [6.07, 6.45) is 0.466. The van der Waals surface area contributed by atoms with Crippen molar-refractivity contribution in [1.82, 2.24) is 0 Å². The van der Waals surface area contributed by atoms with Crippen molar-refractivity contribution < 1.29 is 9.53 Å². The van der Waals surface area contributed by atoms with Crippen LogP contribution < -0.4 is 15.8 Å². The number of anilines is 1. The molecule has 1 unspecified atom stereocenters. The topological polar surface area (TPSA) is 64.4 Å². The molecule has 1 aliphatic heterocycles. The summed E-state index contributed by atoms with van der Waals surface area (Å²) in [5.74, 6) is 0.836. The van der Waals surface area contributed by atoms with E-state index < -0.39 is 6.03 Å². The first-order chi connectivity index (χ1) is 10.0. The summed E-state index contributed by atoms with van der Waals surface area (Å²) in [6, 6.07) is 10.4. The van der Waals surface area contributed by atoms with Crippen LogP contribution in [0.2, 0.25) is 10.0 Å². The molecule has 0 radical (unpaired) electrons. The van der Waals surface area contributed by atoms with Gasteiger partial charge in [-0.25, -0.2) is 4.79 Å². The molecular formula is C15H12Cl2N2O2. The van der Waals surface area contributed by atoms with E-state index in [1.54, 1.807) is 12.1 Å². The van der Waals surface area contributed by atoms with Crippen molar-refractivity contribution in [3.63, 3.8) is 0 Å². The number of halogens is 2. The summed E-state index contributed by atoms with van der Waals surface area (Å²) in [4.78, 5) is 11.0. The third-order valence-corrected chi connectivity index (χ3v) is 4.13. The van der Waals surface area contributed by atoms with Crippen molar-refractivity contribution in [1.29, 1.82) is 0 Å². The van der Waals surface area contributed by atoms with E-state index in [-0.39, 0.29) is 6.10 Å². The lowest BCUT2D eigenvalue weighted by Gasteiger charge is -2.15. The summed E-state index contributed by atoms with van der Waals surface area (Å²) >= 11 is 12.4. The van der Waals surface area contributed by atoms with Gasteiger partial charge in [0.2, 0.25) is 0 Å². The van der Waals surface area contributed by atoms with Crippen LogP contribution >= 0.6 is 23.2 Å². The van der Waals surface area contributed by atoms with Crippen molar-refractivity contribution in [2.24, 2.45) is 5.73 Å². The van der Waals surface area contributed by atoms with E-state index in [4.69, 9.17) is 33.7 Å². The van der Waals surface area contributed by atoms with Gasteiger partial charge in [0.1, 0.15) is 11.9 Å². The maximum Gasteiger partial charge on any atom is 0.316 e. The summed E-state index contributed by atoms with van der Waals surface area (Å²) in [7, 11) is 0. The third-order valence-electron chi connectivity index (χ3n) is 3.32. The number of urea groups is 1. The lowest BCUT2D eigenvalue weighted by atomic mass is 10.0. The van der Waals surface area contributed by atoms with Crippen LogP contribution in [0.1, 0.15) is 17.2 Å². The van der Waals surface area contributed by atoms with Crippen LogP contribution in [0.3, 0.4) is 0 Å². The maximum atomic E-state index is 11.0. The highest BCUT2D eigenvalue weighted by atomic mass is 35.5. The standard InChI is InChI=1S/C15H12Cl2N2O2/c16-11-7-9(19-15(18)20)6-10(14(11)17)13-5-8-3-1-2-4-12(8)21-13/h1-4,6-7,13H,5H2,(H3,18,19,20). The Balaban J connectivity index is 1.96. The minimum absolute atomic E-state index is 0.234. The normalized spacial score (nSPS) is 16.2. The fraction of sp³-hybridized carbons (Fsp3) is 0.133. The van der Waals surface area contributed by atoms with E-state index in [0.29, 0.717) is 22.2 Å². The average Bonchev–Trinajstić information content (AvgIpc) is 2.85. The van der Waals surface area contributed by atoms with Gasteiger partial charge >= 0.3 is 6.03 Å². The lowest BCUT2D eigenvalue weighted by molar-refractivity contribution is 0.239. The number of ether oxygens (including phenoxy) is 1. The monoisotopic (exact) mass is 322 g/mol. The number of benzene rings is 2. The molecule has 21 heavy (non-hydrogen) atoms. The van der Waals surface area contributed by atoms with Gasteiger partial charge in [0.25, 0.3) is 0 Å². The zero-order chi connectivity index (χ0) is 15.0. The molecule has 2 amide bonds. The maximum absolute atomic E-state index is 11.0. The van der Waals surface area contributed by atoms with E-state index >= 15 is 0 Å². The number of amides is 2. The second-order valence-electron chi connectivity index (χ2n) is 4.77. The van der Waals surface area contributed by atoms with Crippen LogP contribution in [0.25, 0.3) is 0 Å². The number of fused-ring (bicyclic) bond motifs is 1. The number of hydrogen-bond donors (Lipinski definition) is 2. The number of nitrogens with one attached hydrogen (secondary N) is 1. The second-order valence-corrected chi connectivity index (χ2v) is 5.55. The largest absolute Gasteiger partial charge is 0.485 e. The molecule has 0 spiro atoms. The van der Waals surface area contributed by atoms with Crippen molar-refractivity contribution in [3.8, 4) is 5.75 Å². The number of primary amides is 1. The van der Waals surface area contributed by atoms with Crippen LogP contribution in [0.15, 0.2) is 36.4 Å². The Hall–Kier alpha value is -1.91. The Morgan fingerprint density at radius 1 is 1.29 bits per heavy atom. The van der Waals surface area contributed by atoms with E-state index in [0.717, 1.165) is 16.9 Å². The molecule has 0 saturated carbocycles. The average molecular weight is 323 g/mol. The summed E-state index contributed by atoms with van der Waals surface area (Å²) < 4.78 is 5.90. The fourth-order valence-electron chi connectivity index (χ4n) is 2.41. The molecule has 0 fully saturated rings. The zero-order valence-electron chi connectivity index (χ0n) is 10.9. The Morgan fingerprint density at radius 2 is 2.05 bits per heavy atom. The molecule has 2 aromatic rings. The van der Waals surface area contributed by atoms with Crippen LogP contribution in [0.5, 0.6) is 5.75 Å². The summed E-state index contributed by atoms with van der Waals surface area (Å²) in [6.45, 7) is 0. The van der Waals surface area contributed by atoms with Gasteiger partial charge in [-0.2, -0.15) is 0 Å². The van der Waals surface area contributed by atoms with E-state index in [1.807, 2.05) is 24.3 Å². The number of para-hydroxylation sites is 1. The quantitative estimate of drug-likeness (QED) is 0.871. The van der Waals surface area contributed by atoms with E-state index in [1.165, 1.54) is 0 Å². The predicted octanol–water partition coefficient (Wildman–Crippen LogP) is 4.16. The zero-order valence-corrected chi connectivity index (χ0v) is 12.4. The first kappa shape index (κ1) is 14.0. The molecular weight excluding hydrogens is 311 g/mol. The number of carbonyl (C=O) groups excluding carboxylic acids is 1. The number of hydrogen-bond acceptors (Lipinski definition) is 2. The molecule has 0 saturated heterocycles. The molecule has 3 N–H and O–H groups in total. The lowest BCUT2D eigenvalue weighted by Crippen LogP contribution is -2.19. The Morgan fingerprint density at radius 3 is 2.76 bits per heavy atom.